The summed E-state index contributed by atoms with van der Waals surface area (Å²) >= 11 is 0. The standard InChI is InChI=1S/C14H16FN5O2/c15-11-9-16-14(20-7-5-18(10-21)6-8-20)17-12(11)13(22)19-3-1-2-4-19/h1-2,9-10H,3-8H2. The number of anilines is 1. The zero-order valence-corrected chi connectivity index (χ0v) is 12.0. The number of aromatic nitrogens is 2. The molecule has 0 aromatic carbocycles. The summed E-state index contributed by atoms with van der Waals surface area (Å²) in [5, 5.41) is 0. The fourth-order valence-corrected chi connectivity index (χ4v) is 2.48. The van der Waals surface area contributed by atoms with E-state index in [-0.39, 0.29) is 5.69 Å². The Kier molecular flexibility index (Phi) is 3.99. The van der Waals surface area contributed by atoms with Crippen LogP contribution in [0.3, 0.4) is 0 Å². The minimum absolute atomic E-state index is 0.202. The number of amides is 2. The number of piperazine rings is 1. The summed E-state index contributed by atoms with van der Waals surface area (Å²) in [7, 11) is 0. The summed E-state index contributed by atoms with van der Waals surface area (Å²) in [5.41, 5.74) is -0.202. The van der Waals surface area contributed by atoms with Gasteiger partial charge in [-0.3, -0.25) is 9.59 Å². The van der Waals surface area contributed by atoms with Crippen molar-refractivity contribution in [3.05, 3.63) is 29.9 Å². The Bertz CT molecular complexity index is 605. The molecule has 0 N–H and O–H groups in total. The second-order valence-electron chi connectivity index (χ2n) is 5.18. The van der Waals surface area contributed by atoms with Gasteiger partial charge in [0.1, 0.15) is 0 Å². The summed E-state index contributed by atoms with van der Waals surface area (Å²) in [4.78, 5) is 36.1. The molecular formula is C14H16FN5O2. The molecule has 1 saturated heterocycles. The Morgan fingerprint density at radius 3 is 2.50 bits per heavy atom. The third-order valence-corrected chi connectivity index (χ3v) is 3.79. The molecule has 2 aliphatic heterocycles. The van der Waals surface area contributed by atoms with Crippen LogP contribution < -0.4 is 4.90 Å². The summed E-state index contributed by atoms with van der Waals surface area (Å²) in [6.07, 6.45) is 5.55. The third-order valence-electron chi connectivity index (χ3n) is 3.79. The molecule has 0 bridgehead atoms. The van der Waals surface area contributed by atoms with Gasteiger partial charge in [0.2, 0.25) is 12.4 Å². The smallest absolute Gasteiger partial charge is 0.276 e. The van der Waals surface area contributed by atoms with Crippen molar-refractivity contribution in [2.24, 2.45) is 0 Å². The van der Waals surface area contributed by atoms with E-state index in [1.807, 2.05) is 17.1 Å². The molecule has 0 radical (unpaired) electrons. The van der Waals surface area contributed by atoms with Crippen molar-refractivity contribution in [1.82, 2.24) is 19.8 Å². The number of carbonyl (C=O) groups excluding carboxylic acids is 2. The van der Waals surface area contributed by atoms with Crippen LogP contribution in [-0.2, 0) is 4.79 Å². The van der Waals surface area contributed by atoms with Gasteiger partial charge in [-0.1, -0.05) is 12.2 Å². The van der Waals surface area contributed by atoms with Crippen molar-refractivity contribution in [2.45, 2.75) is 0 Å². The topological polar surface area (TPSA) is 69.6 Å². The number of rotatable bonds is 3. The second kappa shape index (κ2) is 6.08. The first kappa shape index (κ1) is 14.4. The minimum atomic E-state index is -0.716. The van der Waals surface area contributed by atoms with Crippen LogP contribution in [0.1, 0.15) is 10.5 Å². The normalized spacial score (nSPS) is 18.0. The van der Waals surface area contributed by atoms with E-state index in [9.17, 15) is 14.0 Å². The number of nitrogens with zero attached hydrogens (tertiary/aromatic N) is 5. The maximum absolute atomic E-state index is 13.9. The number of halogens is 1. The maximum Gasteiger partial charge on any atom is 0.276 e. The number of carbonyl (C=O) groups is 2. The highest BCUT2D eigenvalue weighted by Gasteiger charge is 2.24. The Hall–Kier alpha value is -2.51. The molecule has 116 valence electrons. The Morgan fingerprint density at radius 2 is 1.86 bits per heavy atom. The molecule has 0 saturated carbocycles. The van der Waals surface area contributed by atoms with E-state index in [2.05, 4.69) is 9.97 Å². The fraction of sp³-hybridized carbons (Fsp3) is 0.429. The lowest BCUT2D eigenvalue weighted by Crippen LogP contribution is -2.46. The van der Waals surface area contributed by atoms with Crippen molar-refractivity contribution in [3.63, 3.8) is 0 Å². The number of hydrogen-bond acceptors (Lipinski definition) is 5. The third kappa shape index (κ3) is 2.76. The molecule has 0 atom stereocenters. The Labute approximate surface area is 127 Å². The van der Waals surface area contributed by atoms with Gasteiger partial charge >= 0.3 is 0 Å². The molecule has 2 aliphatic rings. The highest BCUT2D eigenvalue weighted by Crippen LogP contribution is 2.15. The van der Waals surface area contributed by atoms with Gasteiger partial charge in [0.25, 0.3) is 5.91 Å². The molecule has 0 unspecified atom stereocenters. The van der Waals surface area contributed by atoms with Crippen LogP contribution in [0, 0.1) is 5.82 Å². The predicted molar refractivity (Wildman–Crippen MR) is 76.9 cm³/mol. The van der Waals surface area contributed by atoms with E-state index in [1.165, 1.54) is 4.90 Å². The fourth-order valence-electron chi connectivity index (χ4n) is 2.48. The zero-order valence-electron chi connectivity index (χ0n) is 12.0. The summed E-state index contributed by atoms with van der Waals surface area (Å²) in [6, 6.07) is 0. The van der Waals surface area contributed by atoms with Gasteiger partial charge in [0.15, 0.2) is 11.5 Å². The van der Waals surface area contributed by atoms with Crippen LogP contribution in [0.15, 0.2) is 18.3 Å². The SMILES string of the molecule is O=CN1CCN(c2ncc(F)c(C(=O)N3CC=CC3)n2)CC1. The first-order valence-electron chi connectivity index (χ1n) is 7.10. The Balaban J connectivity index is 1.78. The predicted octanol–water partition coefficient (Wildman–Crippen LogP) is -0.0939. The molecule has 1 aromatic rings. The lowest BCUT2D eigenvalue weighted by molar-refractivity contribution is -0.118. The van der Waals surface area contributed by atoms with Gasteiger partial charge in [0.05, 0.1) is 6.20 Å². The van der Waals surface area contributed by atoms with Crippen LogP contribution in [-0.4, -0.2) is 71.4 Å². The molecule has 7 nitrogen and oxygen atoms in total. The minimum Gasteiger partial charge on any atom is -0.342 e. The van der Waals surface area contributed by atoms with Crippen molar-refractivity contribution < 1.29 is 14.0 Å². The molecule has 3 rings (SSSR count). The van der Waals surface area contributed by atoms with Crippen LogP contribution in [0.2, 0.25) is 0 Å². The highest BCUT2D eigenvalue weighted by atomic mass is 19.1. The lowest BCUT2D eigenvalue weighted by atomic mass is 10.3. The van der Waals surface area contributed by atoms with Gasteiger partial charge in [0, 0.05) is 39.3 Å². The molecule has 3 heterocycles. The van der Waals surface area contributed by atoms with E-state index in [0.29, 0.717) is 45.2 Å². The largest absolute Gasteiger partial charge is 0.342 e. The van der Waals surface area contributed by atoms with Crippen LogP contribution in [0.4, 0.5) is 10.3 Å². The first-order chi connectivity index (χ1) is 10.7. The monoisotopic (exact) mass is 305 g/mol. The van der Waals surface area contributed by atoms with Gasteiger partial charge < -0.3 is 14.7 Å². The molecular weight excluding hydrogens is 289 g/mol. The van der Waals surface area contributed by atoms with E-state index < -0.39 is 11.7 Å². The van der Waals surface area contributed by atoms with Crippen LogP contribution in [0.25, 0.3) is 0 Å². The average Bonchev–Trinajstić information content (AvgIpc) is 3.09. The number of hydrogen-bond donors (Lipinski definition) is 0. The van der Waals surface area contributed by atoms with Crippen molar-refractivity contribution in [1.29, 1.82) is 0 Å². The molecule has 1 fully saturated rings. The van der Waals surface area contributed by atoms with Crippen LogP contribution in [0.5, 0.6) is 0 Å². The molecule has 0 aliphatic carbocycles. The summed E-state index contributed by atoms with van der Waals surface area (Å²) < 4.78 is 13.9. The van der Waals surface area contributed by atoms with E-state index in [0.717, 1.165) is 12.6 Å². The molecule has 1 aromatic heterocycles. The van der Waals surface area contributed by atoms with Gasteiger partial charge in [-0.05, 0) is 0 Å². The lowest BCUT2D eigenvalue weighted by Gasteiger charge is -2.32. The Morgan fingerprint density at radius 1 is 1.18 bits per heavy atom. The van der Waals surface area contributed by atoms with Crippen molar-refractivity contribution in [3.8, 4) is 0 Å². The van der Waals surface area contributed by atoms with Gasteiger partial charge in [-0.15, -0.1) is 0 Å². The highest BCUT2D eigenvalue weighted by molar-refractivity contribution is 5.93. The van der Waals surface area contributed by atoms with E-state index in [1.54, 1.807) is 4.90 Å². The second-order valence-corrected chi connectivity index (χ2v) is 5.18. The first-order valence-corrected chi connectivity index (χ1v) is 7.10. The van der Waals surface area contributed by atoms with E-state index in [4.69, 9.17) is 0 Å². The zero-order chi connectivity index (χ0) is 15.5. The molecule has 22 heavy (non-hydrogen) atoms. The van der Waals surface area contributed by atoms with Gasteiger partial charge in [-0.2, -0.15) is 0 Å². The maximum atomic E-state index is 13.9. The summed E-state index contributed by atoms with van der Waals surface area (Å²) in [6.45, 7) is 3.17. The van der Waals surface area contributed by atoms with Crippen molar-refractivity contribution in [2.75, 3.05) is 44.2 Å². The molecule has 8 heteroatoms. The quantitative estimate of drug-likeness (QED) is 0.576. The van der Waals surface area contributed by atoms with Crippen LogP contribution >= 0.6 is 0 Å². The van der Waals surface area contributed by atoms with E-state index >= 15 is 0 Å². The molecule has 2 amide bonds. The average molecular weight is 305 g/mol. The van der Waals surface area contributed by atoms with Crippen molar-refractivity contribution >= 4 is 18.3 Å². The summed E-state index contributed by atoms with van der Waals surface area (Å²) in [5.74, 6) is -0.827. The molecule has 0 spiro atoms. The van der Waals surface area contributed by atoms with Gasteiger partial charge in [-0.25, -0.2) is 14.4 Å².